The van der Waals surface area contributed by atoms with E-state index in [4.69, 9.17) is 5.11 Å². The Morgan fingerprint density at radius 1 is 1.50 bits per heavy atom. The Balaban J connectivity index is 2.15. The van der Waals surface area contributed by atoms with Crippen molar-refractivity contribution < 1.29 is 5.11 Å². The molecule has 1 fully saturated rings. The van der Waals surface area contributed by atoms with Gasteiger partial charge in [-0.25, -0.2) is 4.68 Å². The molecule has 0 radical (unpaired) electrons. The lowest BCUT2D eigenvalue weighted by Gasteiger charge is -2.16. The van der Waals surface area contributed by atoms with Crippen LogP contribution in [0, 0.1) is 19.8 Å². The van der Waals surface area contributed by atoms with Gasteiger partial charge in [-0.1, -0.05) is 0 Å². The maximum Gasteiger partial charge on any atom is 0.127 e. The molecule has 1 aromatic rings. The Kier molecular flexibility index (Phi) is 3.19. The Bertz CT molecular complexity index is 369. The van der Waals surface area contributed by atoms with Gasteiger partial charge in [-0.3, -0.25) is 0 Å². The summed E-state index contributed by atoms with van der Waals surface area (Å²) in [6.45, 7) is 7.01. The van der Waals surface area contributed by atoms with Crippen molar-refractivity contribution in [2.75, 3.05) is 11.9 Å². The predicted molar refractivity (Wildman–Crippen MR) is 64.6 cm³/mol. The Morgan fingerprint density at radius 3 is 2.75 bits per heavy atom. The number of aryl methyl sites for hydroxylation is 1. The van der Waals surface area contributed by atoms with E-state index in [0.717, 1.165) is 17.4 Å². The van der Waals surface area contributed by atoms with Gasteiger partial charge in [0.1, 0.15) is 5.82 Å². The van der Waals surface area contributed by atoms with E-state index >= 15 is 0 Å². The summed E-state index contributed by atoms with van der Waals surface area (Å²) < 4.78 is 1.88. The van der Waals surface area contributed by atoms with Crippen LogP contribution in [0.25, 0.3) is 0 Å². The zero-order valence-corrected chi connectivity index (χ0v) is 10.3. The van der Waals surface area contributed by atoms with Crippen LogP contribution < -0.4 is 5.32 Å². The molecule has 1 aliphatic rings. The molecule has 1 aromatic heterocycles. The highest BCUT2D eigenvalue weighted by atomic mass is 16.3. The smallest absolute Gasteiger partial charge is 0.127 e. The van der Waals surface area contributed by atoms with Crippen molar-refractivity contribution in [3.8, 4) is 0 Å². The summed E-state index contributed by atoms with van der Waals surface area (Å²) in [5, 5.41) is 17.0. The highest BCUT2D eigenvalue weighted by Crippen LogP contribution is 2.34. The van der Waals surface area contributed by atoms with Gasteiger partial charge in [0.2, 0.25) is 0 Å². The van der Waals surface area contributed by atoms with Crippen molar-refractivity contribution in [3.63, 3.8) is 0 Å². The molecular weight excluding hydrogens is 202 g/mol. The van der Waals surface area contributed by atoms with Crippen molar-refractivity contribution in [3.05, 3.63) is 11.3 Å². The van der Waals surface area contributed by atoms with Crippen LogP contribution in [-0.4, -0.2) is 27.5 Å². The maximum atomic E-state index is 9.01. The van der Waals surface area contributed by atoms with Gasteiger partial charge >= 0.3 is 0 Å². The number of nitrogens with zero attached hydrogens (tertiary/aromatic N) is 2. The first-order chi connectivity index (χ1) is 7.63. The van der Waals surface area contributed by atoms with Crippen LogP contribution in [0.1, 0.15) is 31.0 Å². The third kappa shape index (κ3) is 2.21. The third-order valence-electron chi connectivity index (χ3n) is 3.43. The van der Waals surface area contributed by atoms with Crippen LogP contribution in [0.4, 0.5) is 5.82 Å². The second kappa shape index (κ2) is 4.45. The largest absolute Gasteiger partial charge is 0.394 e. The molecule has 4 heteroatoms. The summed E-state index contributed by atoms with van der Waals surface area (Å²) in [7, 11) is 0. The van der Waals surface area contributed by atoms with Gasteiger partial charge in [-0.05, 0) is 39.5 Å². The molecule has 2 rings (SSSR count). The normalized spacial score (nSPS) is 17.5. The van der Waals surface area contributed by atoms with Gasteiger partial charge in [0.25, 0.3) is 0 Å². The highest BCUT2D eigenvalue weighted by molar-refractivity contribution is 5.47. The van der Waals surface area contributed by atoms with Gasteiger partial charge in [0.05, 0.1) is 18.8 Å². The number of hydrogen-bond donors (Lipinski definition) is 2. The maximum absolute atomic E-state index is 9.01. The first-order valence-electron chi connectivity index (χ1n) is 6.05. The molecule has 0 aromatic carbocycles. The van der Waals surface area contributed by atoms with Crippen molar-refractivity contribution in [2.45, 2.75) is 46.2 Å². The fraction of sp³-hybridized carbons (Fsp3) is 0.750. The van der Waals surface area contributed by atoms with Gasteiger partial charge in [-0.2, -0.15) is 5.10 Å². The number of aromatic nitrogens is 2. The summed E-state index contributed by atoms with van der Waals surface area (Å²) in [4.78, 5) is 0. The molecule has 4 nitrogen and oxygen atoms in total. The summed E-state index contributed by atoms with van der Waals surface area (Å²) in [6.07, 6.45) is 2.67. The second-order valence-corrected chi connectivity index (χ2v) is 4.78. The molecular formula is C12H21N3O. The van der Waals surface area contributed by atoms with Gasteiger partial charge < -0.3 is 10.4 Å². The Labute approximate surface area is 96.7 Å². The van der Waals surface area contributed by atoms with Gasteiger partial charge in [-0.15, -0.1) is 0 Å². The number of aliphatic hydroxyl groups excluding tert-OH is 1. The monoisotopic (exact) mass is 223 g/mol. The first-order valence-corrected chi connectivity index (χ1v) is 6.05. The molecule has 16 heavy (non-hydrogen) atoms. The zero-order valence-electron chi connectivity index (χ0n) is 10.3. The van der Waals surface area contributed by atoms with Crippen LogP contribution >= 0.6 is 0 Å². The molecule has 0 spiro atoms. The lowest BCUT2D eigenvalue weighted by atomic mass is 10.2. The topological polar surface area (TPSA) is 50.1 Å². The van der Waals surface area contributed by atoms with E-state index in [0.29, 0.717) is 12.6 Å². The minimum atomic E-state index is 0.132. The average molecular weight is 223 g/mol. The number of nitrogens with one attached hydrogen (secondary N) is 1. The SMILES string of the molecule is Cc1nn(CCO)c(NC(C)C2CC2)c1C. The van der Waals surface area contributed by atoms with Crippen LogP contribution in [0.5, 0.6) is 0 Å². The Morgan fingerprint density at radius 2 is 2.19 bits per heavy atom. The van der Waals surface area contributed by atoms with Crippen LogP contribution in [-0.2, 0) is 6.54 Å². The molecule has 1 saturated carbocycles. The molecule has 0 aliphatic heterocycles. The van der Waals surface area contributed by atoms with Crippen LogP contribution in [0.3, 0.4) is 0 Å². The fourth-order valence-corrected chi connectivity index (χ4v) is 2.04. The summed E-state index contributed by atoms with van der Waals surface area (Å²) in [5.74, 6) is 1.89. The van der Waals surface area contributed by atoms with Crippen LogP contribution in [0.15, 0.2) is 0 Å². The van der Waals surface area contributed by atoms with Crippen molar-refractivity contribution in [2.24, 2.45) is 5.92 Å². The summed E-state index contributed by atoms with van der Waals surface area (Å²) in [5.41, 5.74) is 2.24. The molecule has 1 atom stereocenters. The summed E-state index contributed by atoms with van der Waals surface area (Å²) >= 11 is 0. The number of hydrogen-bond acceptors (Lipinski definition) is 3. The zero-order chi connectivity index (χ0) is 11.7. The summed E-state index contributed by atoms with van der Waals surface area (Å²) in [6, 6.07) is 0.507. The molecule has 2 N–H and O–H groups in total. The lowest BCUT2D eigenvalue weighted by molar-refractivity contribution is 0.270. The van der Waals surface area contributed by atoms with Crippen LogP contribution in [0.2, 0.25) is 0 Å². The average Bonchev–Trinajstić information content (AvgIpc) is 3.04. The number of aliphatic hydroxyl groups is 1. The van der Waals surface area contributed by atoms with E-state index in [2.05, 4.69) is 24.3 Å². The predicted octanol–water partition coefficient (Wildman–Crippen LogP) is 1.70. The lowest BCUT2D eigenvalue weighted by Crippen LogP contribution is -2.21. The molecule has 1 unspecified atom stereocenters. The molecule has 0 bridgehead atoms. The number of rotatable bonds is 5. The fourth-order valence-electron chi connectivity index (χ4n) is 2.04. The third-order valence-corrected chi connectivity index (χ3v) is 3.43. The Hall–Kier alpha value is -1.03. The van der Waals surface area contributed by atoms with E-state index in [1.807, 2.05) is 11.6 Å². The van der Waals surface area contributed by atoms with E-state index < -0.39 is 0 Å². The van der Waals surface area contributed by atoms with Crippen molar-refractivity contribution >= 4 is 5.82 Å². The molecule has 0 saturated heterocycles. The van der Waals surface area contributed by atoms with E-state index in [9.17, 15) is 0 Å². The van der Waals surface area contributed by atoms with Crippen molar-refractivity contribution in [1.29, 1.82) is 0 Å². The van der Waals surface area contributed by atoms with Gasteiger partial charge in [0.15, 0.2) is 0 Å². The highest BCUT2D eigenvalue weighted by Gasteiger charge is 2.29. The van der Waals surface area contributed by atoms with E-state index in [1.54, 1.807) is 0 Å². The molecule has 0 amide bonds. The minimum absolute atomic E-state index is 0.132. The molecule has 90 valence electrons. The molecule has 1 heterocycles. The first kappa shape index (κ1) is 11.5. The van der Waals surface area contributed by atoms with Crippen molar-refractivity contribution in [1.82, 2.24) is 9.78 Å². The quantitative estimate of drug-likeness (QED) is 0.799. The standard InChI is InChI=1S/C12H21N3O/c1-8-9(2)14-15(6-7-16)12(8)13-10(3)11-4-5-11/h10-11,13,16H,4-7H2,1-3H3. The minimum Gasteiger partial charge on any atom is -0.394 e. The number of anilines is 1. The van der Waals surface area contributed by atoms with E-state index in [-0.39, 0.29) is 6.61 Å². The van der Waals surface area contributed by atoms with E-state index in [1.165, 1.54) is 18.4 Å². The second-order valence-electron chi connectivity index (χ2n) is 4.78. The molecule has 1 aliphatic carbocycles. The van der Waals surface area contributed by atoms with Gasteiger partial charge in [0, 0.05) is 11.6 Å².